The van der Waals surface area contributed by atoms with Crippen LogP contribution in [0.15, 0.2) is 91.0 Å². The van der Waals surface area contributed by atoms with Crippen LogP contribution in [-0.2, 0) is 26.2 Å². The molecular weight excluding hydrogens is 676 g/mol. The monoisotopic (exact) mass is 740 g/mol. The Balaban J connectivity index is 0.00000154. The van der Waals surface area contributed by atoms with Crippen molar-refractivity contribution in [1.82, 2.24) is 0 Å². The second-order valence-electron chi connectivity index (χ2n) is 15.1. The molecule has 11 unspecified atom stereocenters. The van der Waals surface area contributed by atoms with Gasteiger partial charge in [0, 0.05) is 0 Å². The first-order valence-electron chi connectivity index (χ1n) is 17.9. The molecule has 0 amide bonds. The van der Waals surface area contributed by atoms with Crippen molar-refractivity contribution in [2.45, 2.75) is 101 Å². The van der Waals surface area contributed by atoms with Crippen LogP contribution in [0.25, 0.3) is 0 Å². The fraction of sp³-hybridized carbons (Fsp3) is 0.500. The van der Waals surface area contributed by atoms with Gasteiger partial charge in [-0.25, -0.2) is 0 Å². The molecule has 3 heteroatoms. The Labute approximate surface area is 314 Å². The molecule has 7 rings (SSSR count). The van der Waals surface area contributed by atoms with Crippen molar-refractivity contribution in [1.29, 1.82) is 0 Å². The average molecular weight is 742 g/mol. The van der Waals surface area contributed by atoms with Crippen LogP contribution in [0.5, 0.6) is 0 Å². The topological polar surface area (TPSA) is 0 Å². The van der Waals surface area contributed by atoms with E-state index in [4.69, 9.17) is 0 Å². The van der Waals surface area contributed by atoms with Gasteiger partial charge in [0.2, 0.25) is 0 Å². The molecule has 0 N–H and O–H groups in total. The number of hydrogen-bond acceptors (Lipinski definition) is 0. The van der Waals surface area contributed by atoms with Crippen LogP contribution in [0.2, 0.25) is 11.1 Å². The first kappa shape index (κ1) is 42.1. The van der Waals surface area contributed by atoms with Gasteiger partial charge in [-0.2, -0.15) is 0 Å². The van der Waals surface area contributed by atoms with E-state index in [1.807, 2.05) is 10.4 Å². The maximum Gasteiger partial charge on any atom is 4.00 e. The molecule has 4 aliphatic rings. The second kappa shape index (κ2) is 19.4. The van der Waals surface area contributed by atoms with E-state index in [0.29, 0.717) is 0 Å². The third-order valence-electron chi connectivity index (χ3n) is 13.0. The smallest absolute Gasteiger partial charge is 0.358 e. The molecule has 0 spiro atoms. The van der Waals surface area contributed by atoms with Crippen LogP contribution in [0, 0.1) is 65.2 Å². The summed E-state index contributed by atoms with van der Waals surface area (Å²) in [5.41, 5.74) is 3.66. The predicted molar refractivity (Wildman–Crippen MR) is 212 cm³/mol. The minimum atomic E-state index is -1.27. The van der Waals surface area contributed by atoms with Gasteiger partial charge in [0.15, 0.2) is 0 Å². The molecule has 0 radical (unpaired) electrons. The van der Waals surface area contributed by atoms with Crippen molar-refractivity contribution in [3.63, 3.8) is 0 Å². The van der Waals surface area contributed by atoms with Crippen LogP contribution in [0.3, 0.4) is 0 Å². The predicted octanol–water partition coefficient (Wildman–Crippen LogP) is 10.7. The zero-order valence-corrected chi connectivity index (χ0v) is 35.6. The summed E-state index contributed by atoms with van der Waals surface area (Å²) in [5.74, 6) is 6.41. The van der Waals surface area contributed by atoms with Gasteiger partial charge in [-0.1, -0.05) is 167 Å². The number of unbranched alkanes of at least 4 members (excludes halogenated alkanes) is 1. The van der Waals surface area contributed by atoms with Gasteiger partial charge < -0.3 is 29.7 Å². The van der Waals surface area contributed by atoms with E-state index in [0.717, 1.165) is 52.5 Å². The SMILES string of the molecule is CCCCC1CCC([SiH](c2ccccc2)[SiH](c2ccccc2)C2C(C)CC3C2CC2CCCC2C3c2ccccc2)C1.[CH3-].[CH3-].[CH3-].[CH3-].[Zr+4]. The van der Waals surface area contributed by atoms with Gasteiger partial charge in [0.1, 0.15) is 0 Å². The average Bonchev–Trinajstić information content (AvgIpc) is 3.77. The Bertz CT molecular complexity index is 1270. The molecule has 0 heterocycles. The van der Waals surface area contributed by atoms with Gasteiger partial charge >= 0.3 is 26.2 Å². The maximum absolute atomic E-state index is 2.72. The Morgan fingerprint density at radius 1 is 0.617 bits per heavy atom. The molecule has 47 heavy (non-hydrogen) atoms. The van der Waals surface area contributed by atoms with E-state index in [9.17, 15) is 0 Å². The van der Waals surface area contributed by atoms with E-state index in [-0.39, 0.29) is 55.9 Å². The Morgan fingerprint density at radius 3 is 1.83 bits per heavy atom. The largest absolute Gasteiger partial charge is 4.00 e. The van der Waals surface area contributed by atoms with Crippen molar-refractivity contribution in [3.05, 3.63) is 126 Å². The molecule has 0 aromatic heterocycles. The van der Waals surface area contributed by atoms with Crippen LogP contribution in [-0.4, -0.2) is 16.6 Å². The molecule has 4 saturated carbocycles. The third-order valence-corrected chi connectivity index (χ3v) is 27.3. The normalized spacial score (nSPS) is 31.7. The summed E-state index contributed by atoms with van der Waals surface area (Å²) in [6, 6.07) is 36.4. The fourth-order valence-electron chi connectivity index (χ4n) is 11.5. The zero-order chi connectivity index (χ0) is 28.5. The van der Waals surface area contributed by atoms with Gasteiger partial charge in [-0.3, -0.25) is 0 Å². The number of benzene rings is 3. The fourth-order valence-corrected chi connectivity index (χ4v) is 28.8. The minimum absolute atomic E-state index is 0. The summed E-state index contributed by atoms with van der Waals surface area (Å²) >= 11 is 0. The van der Waals surface area contributed by atoms with E-state index in [2.05, 4.69) is 105 Å². The Kier molecular flexibility index (Phi) is 17.4. The minimum Gasteiger partial charge on any atom is -0.358 e. The van der Waals surface area contributed by atoms with Crippen LogP contribution >= 0.6 is 0 Å². The van der Waals surface area contributed by atoms with Gasteiger partial charge in [0.05, 0.1) is 16.6 Å². The summed E-state index contributed by atoms with van der Waals surface area (Å²) in [6.07, 6.45) is 16.3. The molecule has 4 aliphatic carbocycles. The van der Waals surface area contributed by atoms with Gasteiger partial charge in [0.25, 0.3) is 0 Å². The summed E-state index contributed by atoms with van der Waals surface area (Å²) in [5, 5.41) is 3.65. The molecule has 3 aromatic carbocycles. The van der Waals surface area contributed by atoms with Crippen LogP contribution < -0.4 is 10.4 Å². The standard InChI is InChI=1S/C40H54Si2.4CH3.Zr/c1-3-4-15-30-24-25-35(27-30)41(33-19-10-6-11-20-33)42(34-21-12-7-13-22-34)40-29(2)26-37-38(40)28-32-18-14-23-36(32)39(37)31-16-8-5-9-17-31;;;;;/h5-13,16-17,19-22,29-30,32,35-42H,3-4,14-15,18,23-28H2,1-2H3;4*1H3;/q;4*-1;+4. The summed E-state index contributed by atoms with van der Waals surface area (Å²) in [6.45, 7) is 5.10. The molecule has 254 valence electrons. The second-order valence-corrected chi connectivity index (χ2v) is 24.6. The van der Waals surface area contributed by atoms with Crippen molar-refractivity contribution in [3.8, 4) is 0 Å². The summed E-state index contributed by atoms with van der Waals surface area (Å²) < 4.78 is 0. The third kappa shape index (κ3) is 8.65. The first-order chi connectivity index (χ1) is 20.7. The quantitative estimate of drug-likeness (QED) is 0.151. The number of rotatable bonds is 9. The molecule has 0 bridgehead atoms. The molecule has 4 fully saturated rings. The van der Waals surface area contributed by atoms with Crippen molar-refractivity contribution < 1.29 is 26.2 Å². The summed E-state index contributed by atoms with van der Waals surface area (Å²) in [7, 11) is -2.47. The Hall–Kier alpha value is -1.02. The van der Waals surface area contributed by atoms with Crippen LogP contribution in [0.4, 0.5) is 0 Å². The van der Waals surface area contributed by atoms with Crippen molar-refractivity contribution in [2.75, 3.05) is 0 Å². The van der Waals surface area contributed by atoms with E-state index < -0.39 is 16.6 Å². The maximum atomic E-state index is 2.72. The van der Waals surface area contributed by atoms with E-state index >= 15 is 0 Å². The molecule has 0 saturated heterocycles. The van der Waals surface area contributed by atoms with E-state index in [1.165, 1.54) is 64.2 Å². The van der Waals surface area contributed by atoms with Crippen molar-refractivity contribution in [2.24, 2.45) is 35.5 Å². The van der Waals surface area contributed by atoms with Crippen LogP contribution in [0.1, 0.15) is 96.0 Å². The van der Waals surface area contributed by atoms with Gasteiger partial charge in [-0.15, -0.1) is 0 Å². The van der Waals surface area contributed by atoms with Crippen molar-refractivity contribution >= 4 is 27.0 Å². The summed E-state index contributed by atoms with van der Waals surface area (Å²) in [4.78, 5) is 0. The molecule has 3 aromatic rings. The Morgan fingerprint density at radius 2 is 1.21 bits per heavy atom. The number of hydrogen-bond donors (Lipinski definition) is 0. The first-order valence-corrected chi connectivity index (χ1v) is 23.0. The zero-order valence-electron chi connectivity index (χ0n) is 30.8. The molecule has 0 aliphatic heterocycles. The number of fused-ring (bicyclic) bond motifs is 2. The molecule has 0 nitrogen and oxygen atoms in total. The van der Waals surface area contributed by atoms with Gasteiger partial charge in [-0.05, 0) is 77.3 Å². The molecular formula is C44H66Si2Zr. The van der Waals surface area contributed by atoms with E-state index in [1.54, 1.807) is 12.0 Å². The molecule has 11 atom stereocenters.